The van der Waals surface area contributed by atoms with Crippen molar-refractivity contribution in [2.24, 2.45) is 0 Å². The van der Waals surface area contributed by atoms with Gasteiger partial charge in [-0.1, -0.05) is 6.92 Å². The van der Waals surface area contributed by atoms with Crippen LogP contribution in [0.4, 0.5) is 5.69 Å². The number of benzene rings is 1. The number of anilines is 1. The predicted octanol–water partition coefficient (Wildman–Crippen LogP) is 2.22. The molecule has 0 heterocycles. The first-order chi connectivity index (χ1) is 7.19. The van der Waals surface area contributed by atoms with Crippen LogP contribution in [0.15, 0.2) is 18.2 Å². The number of carbonyl (C=O) groups is 1. The molecule has 2 N–H and O–H groups in total. The van der Waals surface area contributed by atoms with Gasteiger partial charge in [0.15, 0.2) is 0 Å². The average Bonchev–Trinajstić information content (AvgIpc) is 2.25. The van der Waals surface area contributed by atoms with E-state index in [0.717, 1.165) is 18.7 Å². The molecule has 15 heavy (non-hydrogen) atoms. The molecular weight excluding hydrogens is 194 g/mol. The molecule has 0 saturated heterocycles. The molecule has 0 fully saturated rings. The molecule has 1 aromatic carbocycles. The van der Waals surface area contributed by atoms with E-state index in [0.29, 0.717) is 5.75 Å². The maximum Gasteiger partial charge on any atom is 0.335 e. The van der Waals surface area contributed by atoms with Crippen LogP contribution in [0.25, 0.3) is 0 Å². The Labute approximate surface area is 88.9 Å². The second kappa shape index (κ2) is 5.24. The molecule has 82 valence electrons. The third-order valence-corrected chi connectivity index (χ3v) is 2.01. The van der Waals surface area contributed by atoms with Crippen LogP contribution in [-0.2, 0) is 0 Å². The SMILES string of the molecule is CCCNc1cc(C(=O)O)ccc1OC. The molecule has 0 unspecified atom stereocenters. The molecule has 0 radical (unpaired) electrons. The topological polar surface area (TPSA) is 58.6 Å². The molecular formula is C11H15NO3. The van der Waals surface area contributed by atoms with Gasteiger partial charge in [-0.15, -0.1) is 0 Å². The molecule has 4 heteroatoms. The molecule has 0 aromatic heterocycles. The fourth-order valence-corrected chi connectivity index (χ4v) is 1.24. The van der Waals surface area contributed by atoms with E-state index in [4.69, 9.17) is 9.84 Å². The summed E-state index contributed by atoms with van der Waals surface area (Å²) in [6.07, 6.45) is 0.973. The second-order valence-electron chi connectivity index (χ2n) is 3.15. The van der Waals surface area contributed by atoms with E-state index in [1.165, 1.54) is 6.07 Å². The van der Waals surface area contributed by atoms with E-state index in [-0.39, 0.29) is 5.56 Å². The Morgan fingerprint density at radius 3 is 2.80 bits per heavy atom. The van der Waals surface area contributed by atoms with E-state index in [9.17, 15) is 4.79 Å². The van der Waals surface area contributed by atoms with Gasteiger partial charge in [0.2, 0.25) is 0 Å². The molecule has 1 aromatic rings. The Morgan fingerprint density at radius 1 is 1.53 bits per heavy atom. The highest BCUT2D eigenvalue weighted by Gasteiger charge is 2.07. The van der Waals surface area contributed by atoms with E-state index < -0.39 is 5.97 Å². The van der Waals surface area contributed by atoms with Gasteiger partial charge >= 0.3 is 5.97 Å². The number of carboxylic acids is 1. The van der Waals surface area contributed by atoms with Gasteiger partial charge in [0.25, 0.3) is 0 Å². The molecule has 1 rings (SSSR count). The standard InChI is InChI=1S/C11H15NO3/c1-3-6-12-9-7-8(11(13)14)4-5-10(9)15-2/h4-5,7,12H,3,6H2,1-2H3,(H,13,14). The molecule has 0 atom stereocenters. The summed E-state index contributed by atoms with van der Waals surface area (Å²) in [6, 6.07) is 4.76. The van der Waals surface area contributed by atoms with Crippen molar-refractivity contribution < 1.29 is 14.6 Å². The Hall–Kier alpha value is -1.71. The van der Waals surface area contributed by atoms with Crippen molar-refractivity contribution in [2.75, 3.05) is 19.0 Å². The van der Waals surface area contributed by atoms with Crippen LogP contribution in [0.3, 0.4) is 0 Å². The zero-order valence-corrected chi connectivity index (χ0v) is 8.91. The van der Waals surface area contributed by atoms with Crippen molar-refractivity contribution in [3.05, 3.63) is 23.8 Å². The summed E-state index contributed by atoms with van der Waals surface area (Å²) in [7, 11) is 1.56. The van der Waals surface area contributed by atoms with Gasteiger partial charge in [-0.2, -0.15) is 0 Å². The number of methoxy groups -OCH3 is 1. The summed E-state index contributed by atoms with van der Waals surface area (Å²) in [5.41, 5.74) is 0.980. The first-order valence-corrected chi connectivity index (χ1v) is 4.84. The number of nitrogens with one attached hydrogen (secondary N) is 1. The van der Waals surface area contributed by atoms with Crippen LogP contribution < -0.4 is 10.1 Å². The summed E-state index contributed by atoms with van der Waals surface area (Å²) in [5, 5.41) is 12.0. The minimum absolute atomic E-state index is 0.259. The monoisotopic (exact) mass is 209 g/mol. The predicted molar refractivity (Wildman–Crippen MR) is 58.7 cm³/mol. The molecule has 0 aliphatic rings. The highest BCUT2D eigenvalue weighted by molar-refractivity contribution is 5.89. The summed E-state index contributed by atoms with van der Waals surface area (Å²) in [6.45, 7) is 2.83. The smallest absolute Gasteiger partial charge is 0.335 e. The van der Waals surface area contributed by atoms with E-state index in [1.54, 1.807) is 19.2 Å². The first-order valence-electron chi connectivity index (χ1n) is 4.84. The van der Waals surface area contributed by atoms with Crippen molar-refractivity contribution in [1.29, 1.82) is 0 Å². The van der Waals surface area contributed by atoms with Gasteiger partial charge < -0.3 is 15.2 Å². The third-order valence-electron chi connectivity index (χ3n) is 2.01. The van der Waals surface area contributed by atoms with Crippen LogP contribution in [0.1, 0.15) is 23.7 Å². The summed E-state index contributed by atoms with van der Waals surface area (Å²) < 4.78 is 5.12. The lowest BCUT2D eigenvalue weighted by Crippen LogP contribution is -2.04. The van der Waals surface area contributed by atoms with Crippen LogP contribution in [0, 0.1) is 0 Å². The molecule has 0 amide bonds. The number of hydrogen-bond acceptors (Lipinski definition) is 3. The van der Waals surface area contributed by atoms with E-state index in [2.05, 4.69) is 5.32 Å². The Morgan fingerprint density at radius 2 is 2.27 bits per heavy atom. The van der Waals surface area contributed by atoms with E-state index in [1.807, 2.05) is 6.92 Å². The number of rotatable bonds is 5. The largest absolute Gasteiger partial charge is 0.495 e. The maximum atomic E-state index is 10.8. The average molecular weight is 209 g/mol. The van der Waals surface area contributed by atoms with Gasteiger partial charge in [0.05, 0.1) is 18.4 Å². The Balaban J connectivity index is 2.96. The summed E-state index contributed by atoms with van der Waals surface area (Å²) >= 11 is 0. The maximum absolute atomic E-state index is 10.8. The number of hydrogen-bond donors (Lipinski definition) is 2. The quantitative estimate of drug-likeness (QED) is 0.780. The van der Waals surface area contributed by atoms with Crippen LogP contribution >= 0.6 is 0 Å². The normalized spacial score (nSPS) is 9.73. The Kier molecular flexibility index (Phi) is 3.97. The molecule has 4 nitrogen and oxygen atoms in total. The van der Waals surface area contributed by atoms with Gasteiger partial charge in [-0.3, -0.25) is 0 Å². The highest BCUT2D eigenvalue weighted by Crippen LogP contribution is 2.25. The fraction of sp³-hybridized carbons (Fsp3) is 0.364. The van der Waals surface area contributed by atoms with Crippen molar-refractivity contribution >= 4 is 11.7 Å². The van der Waals surface area contributed by atoms with Gasteiger partial charge in [0.1, 0.15) is 5.75 Å². The van der Waals surface area contributed by atoms with Crippen molar-refractivity contribution in [1.82, 2.24) is 0 Å². The third kappa shape index (κ3) is 2.87. The zero-order valence-electron chi connectivity index (χ0n) is 8.91. The van der Waals surface area contributed by atoms with Crippen molar-refractivity contribution in [3.8, 4) is 5.75 Å². The molecule has 0 bridgehead atoms. The zero-order chi connectivity index (χ0) is 11.3. The van der Waals surface area contributed by atoms with Crippen LogP contribution in [-0.4, -0.2) is 24.7 Å². The number of aromatic carboxylic acids is 1. The lowest BCUT2D eigenvalue weighted by Gasteiger charge is -2.10. The number of ether oxygens (including phenoxy) is 1. The minimum atomic E-state index is -0.933. The highest BCUT2D eigenvalue weighted by atomic mass is 16.5. The van der Waals surface area contributed by atoms with Gasteiger partial charge in [-0.25, -0.2) is 4.79 Å². The van der Waals surface area contributed by atoms with Crippen LogP contribution in [0.5, 0.6) is 5.75 Å². The molecule has 0 aliphatic heterocycles. The lowest BCUT2D eigenvalue weighted by atomic mass is 10.2. The second-order valence-corrected chi connectivity index (χ2v) is 3.15. The Bertz CT molecular complexity index is 350. The first kappa shape index (κ1) is 11.4. The lowest BCUT2D eigenvalue weighted by molar-refractivity contribution is 0.0697. The molecule has 0 aliphatic carbocycles. The van der Waals surface area contributed by atoms with Gasteiger partial charge in [0, 0.05) is 6.54 Å². The van der Waals surface area contributed by atoms with Crippen molar-refractivity contribution in [2.45, 2.75) is 13.3 Å². The summed E-state index contributed by atoms with van der Waals surface area (Å²) in [5.74, 6) is -0.273. The summed E-state index contributed by atoms with van der Waals surface area (Å²) in [4.78, 5) is 10.8. The fourth-order valence-electron chi connectivity index (χ4n) is 1.24. The van der Waals surface area contributed by atoms with Gasteiger partial charge in [-0.05, 0) is 24.6 Å². The number of carboxylic acid groups (broad SMARTS) is 1. The minimum Gasteiger partial charge on any atom is -0.495 e. The molecule has 0 saturated carbocycles. The molecule has 0 spiro atoms. The van der Waals surface area contributed by atoms with E-state index >= 15 is 0 Å². The van der Waals surface area contributed by atoms with Crippen molar-refractivity contribution in [3.63, 3.8) is 0 Å². The van der Waals surface area contributed by atoms with Crippen LogP contribution in [0.2, 0.25) is 0 Å².